The summed E-state index contributed by atoms with van der Waals surface area (Å²) in [5.41, 5.74) is 0. The first-order chi connectivity index (χ1) is 6.24. The van der Waals surface area contributed by atoms with Crippen molar-refractivity contribution in [3.05, 3.63) is 18.2 Å². The summed E-state index contributed by atoms with van der Waals surface area (Å²) >= 11 is 0. The number of imidazole rings is 1. The van der Waals surface area contributed by atoms with Gasteiger partial charge in [-0.15, -0.1) is 0 Å². The summed E-state index contributed by atoms with van der Waals surface area (Å²) < 4.78 is 3.61. The van der Waals surface area contributed by atoms with Crippen LogP contribution in [0.25, 0.3) is 0 Å². The lowest BCUT2D eigenvalue weighted by Gasteiger charge is -1.98. The molecule has 4 heteroatoms. The van der Waals surface area contributed by atoms with Crippen LogP contribution in [-0.2, 0) is 13.5 Å². The molecule has 0 radical (unpaired) electrons. The summed E-state index contributed by atoms with van der Waals surface area (Å²) in [5.74, 6) is 0.980. The van der Waals surface area contributed by atoms with E-state index < -0.39 is 6.04 Å². The van der Waals surface area contributed by atoms with Gasteiger partial charge in [0.2, 0.25) is 0 Å². The molecule has 0 N–H and O–H groups in total. The number of nitrogens with zero attached hydrogens (tertiary/aromatic N) is 4. The first kappa shape index (κ1) is 9.28. The van der Waals surface area contributed by atoms with E-state index in [1.165, 1.54) is 0 Å². The Morgan fingerprint density at radius 2 is 2.15 bits per heavy atom. The van der Waals surface area contributed by atoms with Gasteiger partial charge in [0, 0.05) is 6.42 Å². The molecule has 1 aromatic heterocycles. The largest absolute Gasteiger partial charge is 0.272 e. The number of hydrogen-bond donors (Lipinski definition) is 0. The second-order valence-corrected chi connectivity index (χ2v) is 2.75. The third kappa shape index (κ3) is 1.52. The molecule has 0 unspecified atom stereocenters. The summed E-state index contributed by atoms with van der Waals surface area (Å²) in [7, 11) is 1.90. The Kier molecular flexibility index (Phi) is 2.66. The maximum absolute atomic E-state index is 8.71. The first-order valence-corrected chi connectivity index (χ1v) is 4.09. The number of nitriles is 2. The fourth-order valence-corrected chi connectivity index (χ4v) is 1.35. The minimum atomic E-state index is -0.712. The monoisotopic (exact) mass is 175 g/mol. The van der Waals surface area contributed by atoms with Crippen LogP contribution in [0.3, 0.4) is 0 Å². The molecule has 0 aromatic carbocycles. The number of aryl methyl sites for hydroxylation is 1. The van der Waals surface area contributed by atoms with Gasteiger partial charge < -0.3 is 0 Å². The molecule has 0 fully saturated rings. The van der Waals surface area contributed by atoms with Crippen LogP contribution in [0.5, 0.6) is 0 Å². The van der Waals surface area contributed by atoms with Gasteiger partial charge in [-0.05, 0) is 0 Å². The molecule has 4 nitrogen and oxygen atoms in total. The van der Waals surface area contributed by atoms with Crippen molar-refractivity contribution in [3.8, 4) is 12.1 Å². The number of aromatic nitrogens is 2. The minimum Gasteiger partial charge on any atom is -0.237 e. The Morgan fingerprint density at radius 3 is 2.62 bits per heavy atom. The van der Waals surface area contributed by atoms with Crippen LogP contribution in [0.1, 0.15) is 18.8 Å². The van der Waals surface area contributed by atoms with Crippen molar-refractivity contribution in [2.24, 2.45) is 7.05 Å². The highest BCUT2D eigenvalue weighted by atomic mass is 15.1. The standard InChI is InChI=1S/C9H11N4/c1-3-9-12(2)4-5-13(9)8(6-10)7-11/h4-5,8H,3H2,1-2H3/q+1. The molecule has 0 saturated carbocycles. The lowest BCUT2D eigenvalue weighted by molar-refractivity contribution is -0.678. The van der Waals surface area contributed by atoms with E-state index in [9.17, 15) is 0 Å². The third-order valence-electron chi connectivity index (χ3n) is 2.00. The van der Waals surface area contributed by atoms with E-state index >= 15 is 0 Å². The smallest absolute Gasteiger partial charge is 0.237 e. The second-order valence-electron chi connectivity index (χ2n) is 2.75. The molecule has 0 bridgehead atoms. The molecule has 1 rings (SSSR count). The van der Waals surface area contributed by atoms with Crippen molar-refractivity contribution in [1.29, 1.82) is 10.5 Å². The highest BCUT2D eigenvalue weighted by Crippen LogP contribution is 2.06. The van der Waals surface area contributed by atoms with Crippen LogP contribution in [0, 0.1) is 22.7 Å². The maximum atomic E-state index is 8.71. The molecule has 0 atom stereocenters. The number of hydrogen-bond acceptors (Lipinski definition) is 2. The quantitative estimate of drug-likeness (QED) is 0.613. The molecular weight excluding hydrogens is 164 g/mol. The zero-order chi connectivity index (χ0) is 9.84. The van der Waals surface area contributed by atoms with Crippen LogP contribution >= 0.6 is 0 Å². The number of rotatable bonds is 2. The minimum absolute atomic E-state index is 0.712. The van der Waals surface area contributed by atoms with Gasteiger partial charge in [-0.2, -0.15) is 10.5 Å². The molecule has 1 aromatic rings. The zero-order valence-electron chi connectivity index (χ0n) is 7.73. The summed E-state index contributed by atoms with van der Waals surface area (Å²) in [4.78, 5) is 0. The Labute approximate surface area is 77.3 Å². The average molecular weight is 175 g/mol. The molecule has 0 spiro atoms. The van der Waals surface area contributed by atoms with E-state index in [1.807, 2.05) is 36.9 Å². The van der Waals surface area contributed by atoms with Crippen LogP contribution in [-0.4, -0.2) is 4.57 Å². The van der Waals surface area contributed by atoms with Gasteiger partial charge in [-0.1, -0.05) is 6.92 Å². The van der Waals surface area contributed by atoms with Crippen molar-refractivity contribution in [2.75, 3.05) is 0 Å². The van der Waals surface area contributed by atoms with Crippen LogP contribution < -0.4 is 4.57 Å². The van der Waals surface area contributed by atoms with Crippen molar-refractivity contribution in [1.82, 2.24) is 4.57 Å². The van der Waals surface area contributed by atoms with Crippen LogP contribution in [0.15, 0.2) is 12.4 Å². The lowest BCUT2D eigenvalue weighted by Crippen LogP contribution is -2.32. The SMILES string of the molecule is CCc1n(C(C#N)C#N)cc[n+]1C. The van der Waals surface area contributed by atoms with E-state index in [2.05, 4.69) is 0 Å². The van der Waals surface area contributed by atoms with E-state index in [-0.39, 0.29) is 0 Å². The molecule has 0 amide bonds. The van der Waals surface area contributed by atoms with Crippen LogP contribution in [0.4, 0.5) is 0 Å². The van der Waals surface area contributed by atoms with Crippen molar-refractivity contribution >= 4 is 0 Å². The van der Waals surface area contributed by atoms with Gasteiger partial charge in [0.25, 0.3) is 11.9 Å². The molecule has 0 saturated heterocycles. The predicted molar refractivity (Wildman–Crippen MR) is 45.2 cm³/mol. The van der Waals surface area contributed by atoms with E-state index in [4.69, 9.17) is 10.5 Å². The van der Waals surface area contributed by atoms with Crippen LogP contribution in [0.2, 0.25) is 0 Å². The Morgan fingerprint density at radius 1 is 1.54 bits per heavy atom. The molecule has 66 valence electrons. The third-order valence-corrected chi connectivity index (χ3v) is 2.00. The summed E-state index contributed by atoms with van der Waals surface area (Å²) in [6.07, 6.45) is 4.42. The Bertz CT molecular complexity index is 363. The average Bonchev–Trinajstić information content (AvgIpc) is 2.50. The summed E-state index contributed by atoms with van der Waals surface area (Å²) in [6, 6.07) is 3.18. The van der Waals surface area contributed by atoms with E-state index in [0.29, 0.717) is 0 Å². The zero-order valence-corrected chi connectivity index (χ0v) is 7.73. The second kappa shape index (κ2) is 3.73. The predicted octanol–water partition coefficient (Wildman–Crippen LogP) is 0.463. The maximum Gasteiger partial charge on any atom is 0.272 e. The van der Waals surface area contributed by atoms with E-state index in [1.54, 1.807) is 10.8 Å². The van der Waals surface area contributed by atoms with Gasteiger partial charge in [-0.3, -0.25) is 0 Å². The highest BCUT2D eigenvalue weighted by Gasteiger charge is 2.20. The molecule has 0 aliphatic rings. The topological polar surface area (TPSA) is 56.4 Å². The van der Waals surface area contributed by atoms with Crippen molar-refractivity contribution < 1.29 is 4.57 Å². The van der Waals surface area contributed by atoms with Gasteiger partial charge in [0.15, 0.2) is 0 Å². The Balaban J connectivity index is 3.16. The fourth-order valence-electron chi connectivity index (χ4n) is 1.35. The van der Waals surface area contributed by atoms with Gasteiger partial charge in [-0.25, -0.2) is 9.13 Å². The molecule has 0 aliphatic carbocycles. The van der Waals surface area contributed by atoms with Crippen molar-refractivity contribution in [3.63, 3.8) is 0 Å². The van der Waals surface area contributed by atoms with Gasteiger partial charge in [0.1, 0.15) is 24.5 Å². The molecule has 0 aliphatic heterocycles. The molecule has 1 heterocycles. The summed E-state index contributed by atoms with van der Waals surface area (Å²) in [6.45, 7) is 2.00. The highest BCUT2D eigenvalue weighted by molar-refractivity contribution is 5.07. The lowest BCUT2D eigenvalue weighted by atomic mass is 10.3. The molecular formula is C9H11N4+. The normalized spacial score (nSPS) is 9.62. The Hall–Kier alpha value is -1.81. The fraction of sp³-hybridized carbons (Fsp3) is 0.444. The van der Waals surface area contributed by atoms with Gasteiger partial charge in [0.05, 0.1) is 7.05 Å². The molecule has 13 heavy (non-hydrogen) atoms. The summed E-state index contributed by atoms with van der Waals surface area (Å²) in [5, 5.41) is 17.4. The van der Waals surface area contributed by atoms with E-state index in [0.717, 1.165) is 12.2 Å². The van der Waals surface area contributed by atoms with Gasteiger partial charge >= 0.3 is 0 Å². The van der Waals surface area contributed by atoms with Crippen molar-refractivity contribution in [2.45, 2.75) is 19.4 Å². The first-order valence-electron chi connectivity index (χ1n) is 4.09.